The molecule has 2 heterocycles. The van der Waals surface area contributed by atoms with E-state index < -0.39 is 5.60 Å². The van der Waals surface area contributed by atoms with Crippen LogP contribution in [-0.2, 0) is 10.3 Å². The van der Waals surface area contributed by atoms with Gasteiger partial charge in [-0.1, -0.05) is 49.1 Å². The molecule has 1 saturated carbocycles. The van der Waals surface area contributed by atoms with Gasteiger partial charge in [0.2, 0.25) is 0 Å². The number of carbonyl (C=O) groups excluding carboxylic acids is 1. The summed E-state index contributed by atoms with van der Waals surface area (Å²) in [6, 6.07) is 20.5. The van der Waals surface area contributed by atoms with Crippen LogP contribution in [-0.4, -0.2) is 12.0 Å². The number of hydrogen-bond acceptors (Lipinski definition) is 4. The van der Waals surface area contributed by atoms with E-state index in [0.717, 1.165) is 39.4 Å². The van der Waals surface area contributed by atoms with E-state index in [1.54, 1.807) is 0 Å². The van der Waals surface area contributed by atoms with Gasteiger partial charge in [-0.05, 0) is 50.1 Å². The first-order valence-corrected chi connectivity index (χ1v) is 11.2. The summed E-state index contributed by atoms with van der Waals surface area (Å²) in [4.78, 5) is 12.9. The highest BCUT2D eigenvalue weighted by Crippen LogP contribution is 2.56. The Hall–Kier alpha value is -3.27. The van der Waals surface area contributed by atoms with Crippen molar-refractivity contribution in [3.8, 4) is 11.5 Å². The Labute approximate surface area is 182 Å². The van der Waals surface area contributed by atoms with E-state index in [2.05, 4.69) is 29.6 Å². The van der Waals surface area contributed by atoms with E-state index in [4.69, 9.17) is 9.47 Å². The largest absolute Gasteiger partial charge is 0.456 e. The molecule has 6 rings (SSSR count). The van der Waals surface area contributed by atoms with Gasteiger partial charge >= 0.3 is 5.97 Å². The molecule has 4 heteroatoms. The lowest BCUT2D eigenvalue weighted by Gasteiger charge is -2.37. The predicted octanol–water partition coefficient (Wildman–Crippen LogP) is 6.31. The normalized spacial score (nSPS) is 21.6. The third-order valence-corrected chi connectivity index (χ3v) is 6.84. The third-order valence-electron chi connectivity index (χ3n) is 6.84. The smallest absolute Gasteiger partial charge is 0.340 e. The summed E-state index contributed by atoms with van der Waals surface area (Å²) in [5.41, 5.74) is 4.42. The summed E-state index contributed by atoms with van der Waals surface area (Å²) in [5, 5.41) is 3.68. The van der Waals surface area contributed by atoms with Crippen LogP contribution in [0.15, 0.2) is 60.7 Å². The molecule has 2 aliphatic heterocycles. The zero-order valence-corrected chi connectivity index (χ0v) is 17.6. The van der Waals surface area contributed by atoms with Gasteiger partial charge in [-0.25, -0.2) is 4.79 Å². The molecule has 0 saturated heterocycles. The van der Waals surface area contributed by atoms with Crippen molar-refractivity contribution >= 4 is 11.7 Å². The van der Waals surface area contributed by atoms with E-state index in [-0.39, 0.29) is 5.97 Å². The molecule has 0 bridgehead atoms. The number of aryl methyl sites for hydroxylation is 1. The van der Waals surface area contributed by atoms with E-state index in [0.29, 0.717) is 11.6 Å². The summed E-state index contributed by atoms with van der Waals surface area (Å²) in [5.74, 6) is 1.18. The van der Waals surface area contributed by atoms with Crippen molar-refractivity contribution in [2.75, 3.05) is 5.32 Å². The first-order valence-electron chi connectivity index (χ1n) is 11.2. The fraction of sp³-hybridized carbons (Fsp3) is 0.296. The first-order chi connectivity index (χ1) is 15.1. The average Bonchev–Trinajstić information content (AvgIpc) is 3.08. The van der Waals surface area contributed by atoms with Gasteiger partial charge in [0.15, 0.2) is 5.60 Å². The van der Waals surface area contributed by atoms with Crippen molar-refractivity contribution in [1.29, 1.82) is 0 Å². The highest BCUT2D eigenvalue weighted by molar-refractivity contribution is 5.97. The number of nitrogens with one attached hydrogen (secondary N) is 1. The second-order valence-corrected chi connectivity index (χ2v) is 8.91. The van der Waals surface area contributed by atoms with Crippen LogP contribution < -0.4 is 10.1 Å². The minimum atomic E-state index is -0.980. The van der Waals surface area contributed by atoms with E-state index in [1.807, 2.05) is 43.3 Å². The molecule has 1 spiro atoms. The molecule has 1 N–H and O–H groups in total. The van der Waals surface area contributed by atoms with Gasteiger partial charge in [-0.3, -0.25) is 0 Å². The van der Waals surface area contributed by atoms with E-state index in [1.165, 1.54) is 32.1 Å². The van der Waals surface area contributed by atoms with Crippen molar-refractivity contribution in [3.05, 3.63) is 88.5 Å². The average molecular weight is 412 g/mol. The first kappa shape index (κ1) is 18.5. The summed E-state index contributed by atoms with van der Waals surface area (Å²) in [6.07, 6.45) is 6.29. The Morgan fingerprint density at radius 3 is 2.58 bits per heavy atom. The van der Waals surface area contributed by atoms with Crippen molar-refractivity contribution in [1.82, 2.24) is 0 Å². The molecular formula is C27H25NO3. The Bertz CT molecular complexity index is 1190. The fourth-order valence-corrected chi connectivity index (χ4v) is 5.36. The SMILES string of the molecule is Cc1ccc2c(c1)C1(OC(=O)c3ccccc31)c1ccc(NC3CCCCC3)cc1O2. The lowest BCUT2D eigenvalue weighted by molar-refractivity contribution is 0.0224. The van der Waals surface area contributed by atoms with Gasteiger partial charge in [0.25, 0.3) is 0 Å². The highest BCUT2D eigenvalue weighted by Gasteiger charge is 2.53. The number of rotatable bonds is 2. The molecule has 0 amide bonds. The van der Waals surface area contributed by atoms with Gasteiger partial charge in [-0.15, -0.1) is 0 Å². The monoisotopic (exact) mass is 411 g/mol. The van der Waals surface area contributed by atoms with Gasteiger partial charge in [0.05, 0.1) is 5.56 Å². The minimum absolute atomic E-state index is 0.291. The summed E-state index contributed by atoms with van der Waals surface area (Å²) in [6.45, 7) is 2.05. The molecular weight excluding hydrogens is 386 g/mol. The molecule has 0 aromatic heterocycles. The Kier molecular flexibility index (Phi) is 4.10. The lowest BCUT2D eigenvalue weighted by atomic mass is 9.77. The molecule has 1 atom stereocenters. The zero-order chi connectivity index (χ0) is 21.0. The molecule has 1 fully saturated rings. The summed E-state index contributed by atoms with van der Waals surface area (Å²) in [7, 11) is 0. The zero-order valence-electron chi connectivity index (χ0n) is 17.6. The van der Waals surface area contributed by atoms with Gasteiger partial charge in [-0.2, -0.15) is 0 Å². The Morgan fingerprint density at radius 2 is 1.71 bits per heavy atom. The number of benzene rings is 3. The van der Waals surface area contributed by atoms with Crippen LogP contribution in [0.1, 0.15) is 64.7 Å². The molecule has 156 valence electrons. The number of carbonyl (C=O) groups is 1. The minimum Gasteiger partial charge on any atom is -0.456 e. The topological polar surface area (TPSA) is 47.6 Å². The quantitative estimate of drug-likeness (QED) is 0.502. The summed E-state index contributed by atoms with van der Waals surface area (Å²) >= 11 is 0. The number of fused-ring (bicyclic) bond motifs is 6. The maximum atomic E-state index is 12.9. The van der Waals surface area contributed by atoms with Crippen molar-refractivity contribution < 1.29 is 14.3 Å². The molecule has 1 aliphatic carbocycles. The van der Waals surface area contributed by atoms with Gasteiger partial charge < -0.3 is 14.8 Å². The van der Waals surface area contributed by atoms with Crippen LogP contribution in [0.3, 0.4) is 0 Å². The van der Waals surface area contributed by atoms with Crippen molar-refractivity contribution in [3.63, 3.8) is 0 Å². The number of hydrogen-bond donors (Lipinski definition) is 1. The van der Waals surface area contributed by atoms with Crippen LogP contribution in [0.4, 0.5) is 5.69 Å². The molecule has 3 aromatic carbocycles. The second-order valence-electron chi connectivity index (χ2n) is 8.91. The lowest BCUT2D eigenvalue weighted by Crippen LogP contribution is -2.33. The molecule has 1 unspecified atom stereocenters. The number of ether oxygens (including phenoxy) is 2. The van der Waals surface area contributed by atoms with Crippen LogP contribution in [0, 0.1) is 6.92 Å². The van der Waals surface area contributed by atoms with Crippen LogP contribution in [0.25, 0.3) is 0 Å². The highest BCUT2D eigenvalue weighted by atomic mass is 16.6. The number of anilines is 1. The van der Waals surface area contributed by atoms with Crippen molar-refractivity contribution in [2.45, 2.75) is 50.7 Å². The van der Waals surface area contributed by atoms with E-state index >= 15 is 0 Å². The maximum absolute atomic E-state index is 12.9. The molecule has 3 aromatic rings. The Morgan fingerprint density at radius 1 is 0.871 bits per heavy atom. The van der Waals surface area contributed by atoms with Crippen LogP contribution >= 0.6 is 0 Å². The van der Waals surface area contributed by atoms with Gasteiger partial charge in [0, 0.05) is 34.5 Å². The van der Waals surface area contributed by atoms with Gasteiger partial charge in [0.1, 0.15) is 11.5 Å². The fourth-order valence-electron chi connectivity index (χ4n) is 5.36. The summed E-state index contributed by atoms with van der Waals surface area (Å²) < 4.78 is 12.6. The van der Waals surface area contributed by atoms with E-state index in [9.17, 15) is 4.79 Å². The van der Waals surface area contributed by atoms with Crippen molar-refractivity contribution in [2.24, 2.45) is 0 Å². The molecule has 0 radical (unpaired) electrons. The predicted molar refractivity (Wildman–Crippen MR) is 120 cm³/mol. The molecule has 31 heavy (non-hydrogen) atoms. The van der Waals surface area contributed by atoms with Crippen LogP contribution in [0.5, 0.6) is 11.5 Å². The maximum Gasteiger partial charge on any atom is 0.340 e. The molecule has 3 aliphatic rings. The third kappa shape index (κ3) is 2.78. The second kappa shape index (κ2) is 6.88. The Balaban J connectivity index is 1.52. The van der Waals surface area contributed by atoms with Crippen LogP contribution in [0.2, 0.25) is 0 Å². The number of esters is 1. The molecule has 4 nitrogen and oxygen atoms in total. The standard InChI is InChI=1S/C27H25NO3/c1-17-11-14-24-23(15-17)27(21-10-6-5-9-20(21)26(29)31-27)22-13-12-19(16-25(22)30-24)28-18-7-3-2-4-8-18/h5-6,9-16,18,28H,2-4,7-8H2,1H3.